The van der Waals surface area contributed by atoms with Crippen molar-refractivity contribution in [3.8, 4) is 0 Å². The molecule has 0 aliphatic carbocycles. The van der Waals surface area contributed by atoms with Crippen LogP contribution in [-0.4, -0.2) is 41.7 Å². The second-order valence-electron chi connectivity index (χ2n) is 6.39. The number of nitrogens with zero attached hydrogens (tertiary/aromatic N) is 1. The molecule has 1 aliphatic rings. The zero-order chi connectivity index (χ0) is 15.9. The van der Waals surface area contributed by atoms with E-state index in [9.17, 15) is 9.90 Å². The SMILES string of the molecule is CCCC(NC(=O)CN1CCC(C)C(O)C1)c1ccccc1. The summed E-state index contributed by atoms with van der Waals surface area (Å²) in [6.45, 7) is 6.05. The second kappa shape index (κ2) is 8.30. The van der Waals surface area contributed by atoms with E-state index in [-0.39, 0.29) is 18.1 Å². The number of hydrogen-bond acceptors (Lipinski definition) is 3. The summed E-state index contributed by atoms with van der Waals surface area (Å²) in [5, 5.41) is 13.1. The van der Waals surface area contributed by atoms with E-state index in [1.54, 1.807) is 0 Å². The Kier molecular flexibility index (Phi) is 6.40. The maximum Gasteiger partial charge on any atom is 0.234 e. The van der Waals surface area contributed by atoms with Crippen LogP contribution in [0.15, 0.2) is 30.3 Å². The molecule has 0 radical (unpaired) electrons. The average molecular weight is 304 g/mol. The lowest BCUT2D eigenvalue weighted by Gasteiger charge is -2.34. The number of carbonyl (C=O) groups excluding carboxylic acids is 1. The smallest absolute Gasteiger partial charge is 0.234 e. The van der Waals surface area contributed by atoms with E-state index in [0.29, 0.717) is 19.0 Å². The molecule has 0 aromatic heterocycles. The van der Waals surface area contributed by atoms with Crippen LogP contribution < -0.4 is 5.32 Å². The number of β-amino-alcohol motifs (C(OH)–C–C–N with tert-alkyl or cyclic N) is 1. The first kappa shape index (κ1) is 17.0. The van der Waals surface area contributed by atoms with Gasteiger partial charge in [-0.05, 0) is 30.9 Å². The van der Waals surface area contributed by atoms with E-state index in [4.69, 9.17) is 0 Å². The van der Waals surface area contributed by atoms with Crippen molar-refractivity contribution in [3.05, 3.63) is 35.9 Å². The monoisotopic (exact) mass is 304 g/mol. The number of piperidine rings is 1. The highest BCUT2D eigenvalue weighted by atomic mass is 16.3. The predicted molar refractivity (Wildman–Crippen MR) is 88.5 cm³/mol. The molecule has 3 atom stereocenters. The van der Waals surface area contributed by atoms with E-state index >= 15 is 0 Å². The molecule has 0 bridgehead atoms. The summed E-state index contributed by atoms with van der Waals surface area (Å²) in [6.07, 6.45) is 2.60. The van der Waals surface area contributed by atoms with Gasteiger partial charge in [-0.25, -0.2) is 0 Å². The fourth-order valence-corrected chi connectivity index (χ4v) is 3.00. The highest BCUT2D eigenvalue weighted by molar-refractivity contribution is 5.78. The van der Waals surface area contributed by atoms with Crippen molar-refractivity contribution < 1.29 is 9.90 Å². The Labute approximate surface area is 133 Å². The van der Waals surface area contributed by atoms with Crippen molar-refractivity contribution in [2.75, 3.05) is 19.6 Å². The van der Waals surface area contributed by atoms with E-state index < -0.39 is 0 Å². The van der Waals surface area contributed by atoms with Crippen LogP contribution in [0.2, 0.25) is 0 Å². The molecule has 1 amide bonds. The molecule has 1 saturated heterocycles. The van der Waals surface area contributed by atoms with E-state index in [1.165, 1.54) is 0 Å². The van der Waals surface area contributed by atoms with E-state index in [1.807, 2.05) is 23.1 Å². The molecule has 1 heterocycles. The fourth-order valence-electron chi connectivity index (χ4n) is 3.00. The summed E-state index contributed by atoms with van der Waals surface area (Å²) >= 11 is 0. The van der Waals surface area contributed by atoms with Gasteiger partial charge in [-0.1, -0.05) is 50.6 Å². The Hall–Kier alpha value is -1.39. The van der Waals surface area contributed by atoms with Crippen LogP contribution in [0.1, 0.15) is 44.7 Å². The van der Waals surface area contributed by atoms with Crippen molar-refractivity contribution in [2.24, 2.45) is 5.92 Å². The lowest BCUT2D eigenvalue weighted by atomic mass is 9.96. The third-order valence-electron chi connectivity index (χ3n) is 4.48. The number of likely N-dealkylation sites (tertiary alicyclic amines) is 1. The van der Waals surface area contributed by atoms with Gasteiger partial charge >= 0.3 is 0 Å². The summed E-state index contributed by atoms with van der Waals surface area (Å²) in [4.78, 5) is 14.4. The van der Waals surface area contributed by atoms with Crippen molar-refractivity contribution >= 4 is 5.91 Å². The Morgan fingerprint density at radius 3 is 2.77 bits per heavy atom. The largest absolute Gasteiger partial charge is 0.392 e. The number of amides is 1. The van der Waals surface area contributed by atoms with Crippen LogP contribution >= 0.6 is 0 Å². The van der Waals surface area contributed by atoms with Gasteiger partial charge in [0.05, 0.1) is 18.7 Å². The highest BCUT2D eigenvalue weighted by Crippen LogP contribution is 2.19. The topological polar surface area (TPSA) is 52.6 Å². The average Bonchev–Trinajstić information content (AvgIpc) is 2.51. The summed E-state index contributed by atoms with van der Waals surface area (Å²) in [5.74, 6) is 0.375. The van der Waals surface area contributed by atoms with Gasteiger partial charge in [-0.3, -0.25) is 9.69 Å². The second-order valence-corrected chi connectivity index (χ2v) is 6.39. The van der Waals surface area contributed by atoms with Gasteiger partial charge < -0.3 is 10.4 Å². The minimum absolute atomic E-state index is 0.0454. The Morgan fingerprint density at radius 2 is 2.14 bits per heavy atom. The number of benzene rings is 1. The van der Waals surface area contributed by atoms with Gasteiger partial charge in [-0.2, -0.15) is 0 Å². The molecule has 122 valence electrons. The molecular formula is C18H28N2O2. The van der Waals surface area contributed by atoms with Crippen LogP contribution in [-0.2, 0) is 4.79 Å². The lowest BCUT2D eigenvalue weighted by molar-refractivity contribution is -0.124. The van der Waals surface area contributed by atoms with Crippen LogP contribution in [0, 0.1) is 5.92 Å². The van der Waals surface area contributed by atoms with Crippen molar-refractivity contribution in [1.29, 1.82) is 0 Å². The molecule has 1 aliphatic heterocycles. The minimum Gasteiger partial charge on any atom is -0.392 e. The Morgan fingerprint density at radius 1 is 1.41 bits per heavy atom. The first-order valence-electron chi connectivity index (χ1n) is 8.35. The van der Waals surface area contributed by atoms with Gasteiger partial charge in [0, 0.05) is 6.54 Å². The van der Waals surface area contributed by atoms with E-state index in [0.717, 1.165) is 31.4 Å². The summed E-state index contributed by atoms with van der Waals surface area (Å²) in [6, 6.07) is 10.2. The summed E-state index contributed by atoms with van der Waals surface area (Å²) in [5.41, 5.74) is 1.16. The molecule has 1 aromatic carbocycles. The molecule has 1 aromatic rings. The third kappa shape index (κ3) is 4.82. The standard InChI is InChI=1S/C18H28N2O2/c1-3-7-16(15-8-5-4-6-9-15)19-18(22)13-20-11-10-14(2)17(21)12-20/h4-6,8-9,14,16-17,21H,3,7,10-13H2,1-2H3,(H,19,22). The molecule has 4 heteroatoms. The quantitative estimate of drug-likeness (QED) is 0.848. The van der Waals surface area contributed by atoms with Gasteiger partial charge in [0.2, 0.25) is 5.91 Å². The molecule has 1 fully saturated rings. The summed E-state index contributed by atoms with van der Waals surface area (Å²) < 4.78 is 0. The zero-order valence-corrected chi connectivity index (χ0v) is 13.7. The van der Waals surface area contributed by atoms with Crippen molar-refractivity contribution in [3.63, 3.8) is 0 Å². The number of hydrogen-bond donors (Lipinski definition) is 2. The molecule has 4 nitrogen and oxygen atoms in total. The molecule has 22 heavy (non-hydrogen) atoms. The van der Waals surface area contributed by atoms with Crippen LogP contribution in [0.5, 0.6) is 0 Å². The number of aliphatic hydroxyl groups is 1. The first-order valence-corrected chi connectivity index (χ1v) is 8.35. The number of nitrogens with one attached hydrogen (secondary N) is 1. The maximum atomic E-state index is 12.3. The van der Waals surface area contributed by atoms with Gasteiger partial charge in [-0.15, -0.1) is 0 Å². The molecule has 2 N–H and O–H groups in total. The van der Waals surface area contributed by atoms with Crippen molar-refractivity contribution in [2.45, 2.75) is 45.3 Å². The van der Waals surface area contributed by atoms with E-state index in [2.05, 4.69) is 31.3 Å². The minimum atomic E-state index is -0.317. The van der Waals surface area contributed by atoms with Crippen LogP contribution in [0.25, 0.3) is 0 Å². The van der Waals surface area contributed by atoms with Crippen LogP contribution in [0.4, 0.5) is 0 Å². The van der Waals surface area contributed by atoms with Gasteiger partial charge in [0.25, 0.3) is 0 Å². The van der Waals surface area contributed by atoms with Gasteiger partial charge in [0.15, 0.2) is 0 Å². The van der Waals surface area contributed by atoms with Crippen molar-refractivity contribution in [1.82, 2.24) is 10.2 Å². The molecule has 3 unspecified atom stereocenters. The maximum absolute atomic E-state index is 12.3. The molecule has 0 spiro atoms. The lowest BCUT2D eigenvalue weighted by Crippen LogP contribution is -2.47. The molecular weight excluding hydrogens is 276 g/mol. The Bertz CT molecular complexity index is 463. The number of aliphatic hydroxyl groups excluding tert-OH is 1. The first-order chi connectivity index (χ1) is 10.6. The third-order valence-corrected chi connectivity index (χ3v) is 4.48. The summed E-state index contributed by atoms with van der Waals surface area (Å²) in [7, 11) is 0. The highest BCUT2D eigenvalue weighted by Gasteiger charge is 2.26. The molecule has 2 rings (SSSR count). The van der Waals surface area contributed by atoms with Crippen LogP contribution in [0.3, 0.4) is 0 Å². The number of rotatable bonds is 6. The normalized spacial score (nSPS) is 24.0. The van der Waals surface area contributed by atoms with Gasteiger partial charge in [0.1, 0.15) is 0 Å². The Balaban J connectivity index is 1.89. The fraction of sp³-hybridized carbons (Fsp3) is 0.611. The number of carbonyl (C=O) groups is 1. The molecule has 0 saturated carbocycles. The predicted octanol–water partition coefficient (Wildman–Crippen LogP) is 2.35. The zero-order valence-electron chi connectivity index (χ0n) is 13.7.